The van der Waals surface area contributed by atoms with E-state index >= 15 is 0 Å². The van der Waals surface area contributed by atoms with E-state index in [0.717, 1.165) is 16.7 Å². The molecule has 1 unspecified atom stereocenters. The highest BCUT2D eigenvalue weighted by Gasteiger charge is 2.28. The van der Waals surface area contributed by atoms with Crippen LogP contribution in [-0.4, -0.2) is 16.2 Å². The summed E-state index contributed by atoms with van der Waals surface area (Å²) < 4.78 is 0. The van der Waals surface area contributed by atoms with Crippen molar-refractivity contribution in [3.8, 4) is 0 Å². The zero-order chi connectivity index (χ0) is 10.1. The second-order valence-corrected chi connectivity index (χ2v) is 3.30. The number of hydrogen-bond donors (Lipinski definition) is 3. The number of hydrogen-bond acceptors (Lipinski definition) is 3. The molecule has 0 aromatic heterocycles. The number of rotatable bonds is 2. The molecule has 14 heavy (non-hydrogen) atoms. The fraction of sp³-hybridized carbons (Fsp3) is 0.300. The van der Waals surface area contributed by atoms with Crippen molar-refractivity contribution in [2.24, 2.45) is 0 Å². The Labute approximate surface area is 81.2 Å². The summed E-state index contributed by atoms with van der Waals surface area (Å²) in [6, 6.07) is 4.74. The van der Waals surface area contributed by atoms with Gasteiger partial charge in [-0.2, -0.15) is 0 Å². The average molecular weight is 193 g/mol. The maximum atomic E-state index is 10.8. The first kappa shape index (κ1) is 9.18. The van der Waals surface area contributed by atoms with Gasteiger partial charge in [0.1, 0.15) is 6.04 Å². The molecule has 1 aliphatic heterocycles. The molecule has 1 aromatic carbocycles. The third-order valence-corrected chi connectivity index (χ3v) is 2.52. The Balaban J connectivity index is 2.46. The largest absolute Gasteiger partial charge is 0.480 e. The van der Waals surface area contributed by atoms with Gasteiger partial charge >= 0.3 is 5.97 Å². The van der Waals surface area contributed by atoms with Gasteiger partial charge < -0.3 is 10.2 Å². The third-order valence-electron chi connectivity index (χ3n) is 2.52. The molecule has 0 radical (unpaired) electrons. The van der Waals surface area contributed by atoms with Crippen LogP contribution >= 0.6 is 0 Å². The van der Waals surface area contributed by atoms with Crippen LogP contribution in [0.5, 0.6) is 0 Å². The summed E-state index contributed by atoms with van der Waals surface area (Å²) in [5, 5.41) is 20.8. The number of aliphatic hydroxyl groups is 1. The zero-order valence-electron chi connectivity index (χ0n) is 7.53. The van der Waals surface area contributed by atoms with Gasteiger partial charge in [0, 0.05) is 6.54 Å². The maximum absolute atomic E-state index is 10.8. The molecule has 4 heteroatoms. The predicted molar refractivity (Wildman–Crippen MR) is 49.6 cm³/mol. The molecule has 1 heterocycles. The van der Waals surface area contributed by atoms with Crippen LogP contribution in [0.1, 0.15) is 22.7 Å². The minimum absolute atomic E-state index is 0.0445. The lowest BCUT2D eigenvalue weighted by Crippen LogP contribution is -2.21. The molecule has 0 amide bonds. The third kappa shape index (κ3) is 1.29. The molecule has 0 fully saturated rings. The van der Waals surface area contributed by atoms with Gasteiger partial charge in [-0.05, 0) is 16.7 Å². The molecule has 0 bridgehead atoms. The SMILES string of the molecule is O=C(O)C1NCc2c(CO)cccc21. The average Bonchev–Trinajstić information content (AvgIpc) is 2.60. The lowest BCUT2D eigenvalue weighted by Gasteiger charge is -2.06. The van der Waals surface area contributed by atoms with Crippen molar-refractivity contribution in [2.45, 2.75) is 19.2 Å². The molecule has 1 atom stereocenters. The monoisotopic (exact) mass is 193 g/mol. The van der Waals surface area contributed by atoms with Crippen LogP contribution in [0.4, 0.5) is 0 Å². The van der Waals surface area contributed by atoms with Crippen LogP contribution in [0, 0.1) is 0 Å². The topological polar surface area (TPSA) is 69.6 Å². The van der Waals surface area contributed by atoms with E-state index in [0.29, 0.717) is 6.54 Å². The Morgan fingerprint density at radius 2 is 2.36 bits per heavy atom. The summed E-state index contributed by atoms with van der Waals surface area (Å²) in [7, 11) is 0. The number of aliphatic carboxylic acids is 1. The van der Waals surface area contributed by atoms with Crippen molar-refractivity contribution in [1.82, 2.24) is 5.32 Å². The van der Waals surface area contributed by atoms with Gasteiger partial charge in [0.15, 0.2) is 0 Å². The highest BCUT2D eigenvalue weighted by molar-refractivity contribution is 5.77. The first-order valence-corrected chi connectivity index (χ1v) is 4.41. The number of carbonyl (C=O) groups is 1. The molecule has 0 aliphatic carbocycles. The van der Waals surface area contributed by atoms with Crippen molar-refractivity contribution in [1.29, 1.82) is 0 Å². The van der Waals surface area contributed by atoms with Crippen molar-refractivity contribution in [3.63, 3.8) is 0 Å². The van der Waals surface area contributed by atoms with Gasteiger partial charge in [0.2, 0.25) is 0 Å². The van der Waals surface area contributed by atoms with E-state index in [1.807, 2.05) is 6.07 Å². The summed E-state index contributed by atoms with van der Waals surface area (Å²) in [5.41, 5.74) is 2.49. The van der Waals surface area contributed by atoms with E-state index in [4.69, 9.17) is 10.2 Å². The van der Waals surface area contributed by atoms with E-state index in [1.54, 1.807) is 12.1 Å². The first-order valence-electron chi connectivity index (χ1n) is 4.41. The quantitative estimate of drug-likeness (QED) is 0.636. The molecule has 4 nitrogen and oxygen atoms in total. The number of carboxylic acids is 1. The van der Waals surface area contributed by atoms with Crippen molar-refractivity contribution in [2.75, 3.05) is 0 Å². The van der Waals surface area contributed by atoms with Crippen LogP contribution in [0.2, 0.25) is 0 Å². The Morgan fingerprint density at radius 1 is 1.57 bits per heavy atom. The van der Waals surface area contributed by atoms with Crippen LogP contribution < -0.4 is 5.32 Å². The molecule has 1 aliphatic rings. The van der Waals surface area contributed by atoms with E-state index in [1.165, 1.54) is 0 Å². The Kier molecular flexibility index (Phi) is 2.23. The van der Waals surface area contributed by atoms with Gasteiger partial charge in [-0.3, -0.25) is 10.1 Å². The van der Waals surface area contributed by atoms with Gasteiger partial charge in [-0.15, -0.1) is 0 Å². The molecule has 2 rings (SSSR count). The summed E-state index contributed by atoms with van der Waals surface area (Å²) in [6.07, 6.45) is 0. The summed E-state index contributed by atoms with van der Waals surface area (Å²) in [6.45, 7) is 0.472. The number of aliphatic hydroxyl groups excluding tert-OH is 1. The standard InChI is InChI=1S/C10H11NO3/c12-5-6-2-1-3-7-8(6)4-11-9(7)10(13)14/h1-3,9,11-12H,4-5H2,(H,13,14). The van der Waals surface area contributed by atoms with Crippen molar-refractivity contribution in [3.05, 3.63) is 34.9 Å². The highest BCUT2D eigenvalue weighted by atomic mass is 16.4. The second-order valence-electron chi connectivity index (χ2n) is 3.30. The first-order chi connectivity index (χ1) is 6.74. The van der Waals surface area contributed by atoms with Crippen LogP contribution in [-0.2, 0) is 17.9 Å². The molecule has 0 saturated carbocycles. The van der Waals surface area contributed by atoms with Crippen molar-refractivity contribution >= 4 is 5.97 Å². The Morgan fingerprint density at radius 3 is 3.00 bits per heavy atom. The molecule has 1 aromatic rings. The van der Waals surface area contributed by atoms with Gasteiger partial charge in [-0.1, -0.05) is 18.2 Å². The molecular formula is C10H11NO3. The number of fused-ring (bicyclic) bond motifs is 1. The normalized spacial score (nSPS) is 19.4. The van der Waals surface area contributed by atoms with E-state index in [2.05, 4.69) is 5.32 Å². The number of nitrogens with one attached hydrogen (secondary N) is 1. The molecule has 0 saturated heterocycles. The van der Waals surface area contributed by atoms with E-state index in [9.17, 15) is 4.79 Å². The molecule has 74 valence electrons. The summed E-state index contributed by atoms with van der Waals surface area (Å²) in [4.78, 5) is 10.8. The second kappa shape index (κ2) is 3.40. The Bertz CT molecular complexity index is 376. The highest BCUT2D eigenvalue weighted by Crippen LogP contribution is 2.27. The van der Waals surface area contributed by atoms with Crippen molar-refractivity contribution < 1.29 is 15.0 Å². The molecular weight excluding hydrogens is 182 g/mol. The lowest BCUT2D eigenvalue weighted by molar-refractivity contribution is -0.139. The lowest BCUT2D eigenvalue weighted by atomic mass is 10.0. The smallest absolute Gasteiger partial charge is 0.325 e. The Hall–Kier alpha value is -1.39. The van der Waals surface area contributed by atoms with Gasteiger partial charge in [0.25, 0.3) is 0 Å². The molecule has 3 N–H and O–H groups in total. The minimum Gasteiger partial charge on any atom is -0.480 e. The maximum Gasteiger partial charge on any atom is 0.325 e. The number of benzene rings is 1. The van der Waals surface area contributed by atoms with Gasteiger partial charge in [0.05, 0.1) is 6.61 Å². The summed E-state index contributed by atoms with van der Waals surface area (Å²) in [5.74, 6) is -0.876. The van der Waals surface area contributed by atoms with Gasteiger partial charge in [-0.25, -0.2) is 0 Å². The van der Waals surface area contributed by atoms with Crippen LogP contribution in [0.15, 0.2) is 18.2 Å². The summed E-state index contributed by atoms with van der Waals surface area (Å²) >= 11 is 0. The fourth-order valence-electron chi connectivity index (χ4n) is 1.82. The predicted octanol–water partition coefficient (Wildman–Crippen LogP) is 0.408. The van der Waals surface area contributed by atoms with E-state index < -0.39 is 12.0 Å². The molecule has 0 spiro atoms. The zero-order valence-corrected chi connectivity index (χ0v) is 7.53. The van der Waals surface area contributed by atoms with E-state index in [-0.39, 0.29) is 6.61 Å². The van der Waals surface area contributed by atoms with Crippen LogP contribution in [0.25, 0.3) is 0 Å². The minimum atomic E-state index is -0.876. The number of carboxylic acid groups (broad SMARTS) is 1. The van der Waals surface area contributed by atoms with Crippen LogP contribution in [0.3, 0.4) is 0 Å². The fourth-order valence-corrected chi connectivity index (χ4v) is 1.82.